The van der Waals surface area contributed by atoms with Crippen molar-refractivity contribution in [2.75, 3.05) is 5.32 Å². The second-order valence-electron chi connectivity index (χ2n) is 4.60. The fourth-order valence-corrected chi connectivity index (χ4v) is 2.67. The van der Waals surface area contributed by atoms with Gasteiger partial charge >= 0.3 is 0 Å². The normalized spacial score (nSPS) is 11.5. The van der Waals surface area contributed by atoms with E-state index in [4.69, 9.17) is 22.5 Å². The van der Waals surface area contributed by atoms with E-state index in [1.807, 2.05) is 43.3 Å². The van der Waals surface area contributed by atoms with Crippen molar-refractivity contribution >= 4 is 39.1 Å². The average Bonchev–Trinajstić information content (AvgIpc) is 2.46. The summed E-state index contributed by atoms with van der Waals surface area (Å²) in [5, 5.41) is 15.6. The van der Waals surface area contributed by atoms with E-state index in [9.17, 15) is 0 Å². The van der Waals surface area contributed by atoms with Crippen molar-refractivity contribution in [1.82, 2.24) is 0 Å². The predicted octanol–water partition coefficient (Wildman–Crippen LogP) is 4.12. The summed E-state index contributed by atoms with van der Waals surface area (Å²) in [4.78, 5) is 0. The zero-order valence-electron chi connectivity index (χ0n) is 11.4. The molecule has 0 saturated heterocycles. The van der Waals surface area contributed by atoms with Gasteiger partial charge in [-0.05, 0) is 42.3 Å². The van der Waals surface area contributed by atoms with E-state index in [-0.39, 0.29) is 5.84 Å². The Balaban J connectivity index is 2.13. The molecule has 2 aromatic carbocycles. The number of hydrogen-bond donors (Lipinski definition) is 3. The maximum atomic E-state index is 8.69. The number of hydrogen-bond acceptors (Lipinski definition) is 3. The molecule has 4 N–H and O–H groups in total. The van der Waals surface area contributed by atoms with Crippen LogP contribution in [-0.4, -0.2) is 11.0 Å². The summed E-state index contributed by atoms with van der Waals surface area (Å²) < 4.78 is 0.942. The number of anilines is 1. The minimum Gasteiger partial charge on any atom is -0.409 e. The third-order valence-corrected chi connectivity index (χ3v) is 3.95. The molecule has 0 atom stereocenters. The number of nitrogens with one attached hydrogen (secondary N) is 1. The fraction of sp³-hybridized carbons (Fsp3) is 0.133. The van der Waals surface area contributed by atoms with Crippen molar-refractivity contribution in [1.29, 1.82) is 0 Å². The standard InChI is InChI=1S/C15H15BrClN3O/c1-9-6-10(15(18)20-21)2-3-11(9)8-19-14-5-4-12(16)7-13(14)17/h2-7,19,21H,8H2,1H3,(H2,18,20). The van der Waals surface area contributed by atoms with Crippen molar-refractivity contribution in [2.45, 2.75) is 13.5 Å². The van der Waals surface area contributed by atoms with Gasteiger partial charge in [-0.1, -0.05) is 44.8 Å². The van der Waals surface area contributed by atoms with E-state index in [1.54, 1.807) is 0 Å². The van der Waals surface area contributed by atoms with Crippen LogP contribution in [0.25, 0.3) is 0 Å². The van der Waals surface area contributed by atoms with E-state index in [0.29, 0.717) is 17.1 Å². The van der Waals surface area contributed by atoms with Crippen molar-refractivity contribution in [3.63, 3.8) is 0 Å². The van der Waals surface area contributed by atoms with E-state index in [2.05, 4.69) is 26.4 Å². The smallest absolute Gasteiger partial charge is 0.170 e. The molecule has 0 aliphatic rings. The third-order valence-electron chi connectivity index (χ3n) is 3.15. The first-order valence-corrected chi connectivity index (χ1v) is 7.44. The number of halogens is 2. The van der Waals surface area contributed by atoms with Crippen molar-refractivity contribution in [3.05, 3.63) is 62.6 Å². The number of oxime groups is 1. The summed E-state index contributed by atoms with van der Waals surface area (Å²) in [5.41, 5.74) is 9.31. The van der Waals surface area contributed by atoms with E-state index in [1.165, 1.54) is 0 Å². The van der Waals surface area contributed by atoms with E-state index < -0.39 is 0 Å². The Kier molecular flexibility index (Phi) is 5.09. The van der Waals surface area contributed by atoms with Gasteiger partial charge in [0.25, 0.3) is 0 Å². The molecule has 0 aliphatic heterocycles. The lowest BCUT2D eigenvalue weighted by molar-refractivity contribution is 0.318. The highest BCUT2D eigenvalue weighted by Gasteiger charge is 2.05. The quantitative estimate of drug-likeness (QED) is 0.329. The molecule has 2 rings (SSSR count). The van der Waals surface area contributed by atoms with Gasteiger partial charge in [0.2, 0.25) is 0 Å². The molecule has 0 amide bonds. The molecule has 0 saturated carbocycles. The van der Waals surface area contributed by atoms with Crippen molar-refractivity contribution < 1.29 is 5.21 Å². The molecule has 6 heteroatoms. The van der Waals surface area contributed by atoms with E-state index >= 15 is 0 Å². The van der Waals surface area contributed by atoms with Crippen LogP contribution in [-0.2, 0) is 6.54 Å². The second-order valence-corrected chi connectivity index (χ2v) is 5.93. The van der Waals surface area contributed by atoms with Crippen LogP contribution in [0, 0.1) is 6.92 Å². The van der Waals surface area contributed by atoms with Crippen LogP contribution in [0.3, 0.4) is 0 Å². The number of amidine groups is 1. The van der Waals surface area contributed by atoms with Crippen LogP contribution in [0.15, 0.2) is 46.0 Å². The van der Waals surface area contributed by atoms with Gasteiger partial charge in [0.1, 0.15) is 0 Å². The minimum absolute atomic E-state index is 0.105. The van der Waals surface area contributed by atoms with Crippen LogP contribution >= 0.6 is 27.5 Å². The Morgan fingerprint density at radius 2 is 2.10 bits per heavy atom. The highest BCUT2D eigenvalue weighted by Crippen LogP contribution is 2.26. The Labute approximate surface area is 136 Å². The van der Waals surface area contributed by atoms with Crippen LogP contribution < -0.4 is 11.1 Å². The molecule has 0 aliphatic carbocycles. The van der Waals surface area contributed by atoms with Crippen LogP contribution in [0.1, 0.15) is 16.7 Å². The Morgan fingerprint density at radius 1 is 1.33 bits per heavy atom. The molecule has 0 fully saturated rings. The zero-order chi connectivity index (χ0) is 15.4. The average molecular weight is 369 g/mol. The van der Waals surface area contributed by atoms with E-state index in [0.717, 1.165) is 21.3 Å². The molecular weight excluding hydrogens is 354 g/mol. The first-order chi connectivity index (χ1) is 10.0. The summed E-state index contributed by atoms with van der Waals surface area (Å²) in [6.45, 7) is 2.62. The van der Waals surface area contributed by atoms with Crippen LogP contribution in [0.4, 0.5) is 5.69 Å². The molecule has 0 unspecified atom stereocenters. The van der Waals surface area contributed by atoms with Crippen LogP contribution in [0.2, 0.25) is 5.02 Å². The first-order valence-electron chi connectivity index (χ1n) is 6.27. The van der Waals surface area contributed by atoms with Gasteiger partial charge in [0.05, 0.1) is 10.7 Å². The van der Waals surface area contributed by atoms with Crippen molar-refractivity contribution in [3.8, 4) is 0 Å². The summed E-state index contributed by atoms with van der Waals surface area (Å²) in [6, 6.07) is 11.4. The van der Waals surface area contributed by atoms with Crippen molar-refractivity contribution in [2.24, 2.45) is 10.9 Å². The molecule has 4 nitrogen and oxygen atoms in total. The number of nitrogens with two attached hydrogens (primary N) is 1. The molecule has 0 aromatic heterocycles. The maximum Gasteiger partial charge on any atom is 0.170 e. The largest absolute Gasteiger partial charge is 0.409 e. The Bertz CT molecular complexity index is 689. The molecule has 0 spiro atoms. The highest BCUT2D eigenvalue weighted by atomic mass is 79.9. The lowest BCUT2D eigenvalue weighted by Gasteiger charge is -2.12. The molecule has 0 radical (unpaired) electrons. The van der Waals surface area contributed by atoms with Gasteiger partial charge < -0.3 is 16.3 Å². The summed E-state index contributed by atoms with van der Waals surface area (Å²) in [6.07, 6.45) is 0. The second kappa shape index (κ2) is 6.83. The zero-order valence-corrected chi connectivity index (χ0v) is 13.7. The maximum absolute atomic E-state index is 8.69. The minimum atomic E-state index is 0.105. The number of benzene rings is 2. The molecule has 0 bridgehead atoms. The Hall–Kier alpha value is -1.72. The highest BCUT2D eigenvalue weighted by molar-refractivity contribution is 9.10. The monoisotopic (exact) mass is 367 g/mol. The van der Waals surface area contributed by atoms with Gasteiger partial charge in [-0.3, -0.25) is 0 Å². The summed E-state index contributed by atoms with van der Waals surface area (Å²) in [5.74, 6) is 0.105. The lowest BCUT2D eigenvalue weighted by atomic mass is 10.0. The fourth-order valence-electron chi connectivity index (χ4n) is 1.93. The molecule has 0 heterocycles. The van der Waals surface area contributed by atoms with Gasteiger partial charge in [0, 0.05) is 16.6 Å². The number of nitrogens with zero attached hydrogens (tertiary/aromatic N) is 1. The summed E-state index contributed by atoms with van der Waals surface area (Å²) in [7, 11) is 0. The topological polar surface area (TPSA) is 70.6 Å². The van der Waals surface area contributed by atoms with Gasteiger partial charge in [-0.15, -0.1) is 0 Å². The van der Waals surface area contributed by atoms with Gasteiger partial charge in [0.15, 0.2) is 5.84 Å². The molecular formula is C15H15BrClN3O. The SMILES string of the molecule is Cc1cc(/C(N)=N/O)ccc1CNc1ccc(Br)cc1Cl. The number of rotatable bonds is 4. The third kappa shape index (κ3) is 3.89. The molecule has 110 valence electrons. The van der Waals surface area contributed by atoms with Gasteiger partial charge in [-0.2, -0.15) is 0 Å². The van der Waals surface area contributed by atoms with Gasteiger partial charge in [-0.25, -0.2) is 0 Å². The first kappa shape index (κ1) is 15.7. The lowest BCUT2D eigenvalue weighted by Crippen LogP contribution is -2.13. The predicted molar refractivity (Wildman–Crippen MR) is 90.2 cm³/mol. The van der Waals surface area contributed by atoms with Crippen LogP contribution in [0.5, 0.6) is 0 Å². The molecule has 21 heavy (non-hydrogen) atoms. The molecule has 2 aromatic rings. The number of aryl methyl sites for hydroxylation is 1. The summed E-state index contributed by atoms with van der Waals surface area (Å²) >= 11 is 9.55. The Morgan fingerprint density at radius 3 is 2.71 bits per heavy atom.